The number of para-hydroxylation sites is 2. The van der Waals surface area contributed by atoms with Gasteiger partial charge in [-0.2, -0.15) is 0 Å². The molecule has 3 aliphatic rings. The predicted octanol–water partition coefficient (Wildman–Crippen LogP) is 27.2. The number of hydrogen-bond acceptors (Lipinski definition) is 4. The highest BCUT2D eigenvalue weighted by molar-refractivity contribution is 6.09. The number of anilines is 6. The van der Waals surface area contributed by atoms with Gasteiger partial charge in [0.2, 0.25) is 0 Å². The highest BCUT2D eigenvalue weighted by Gasteiger charge is 2.44. The molecule has 0 radical (unpaired) electrons. The molecule has 0 unspecified atom stereocenters. The van der Waals surface area contributed by atoms with Gasteiger partial charge >= 0.3 is 0 Å². The third-order valence-corrected chi connectivity index (χ3v) is 22.3. The molecule has 494 valence electrons. The Morgan fingerprint density at radius 1 is 0.267 bits per heavy atom. The van der Waals surface area contributed by atoms with Gasteiger partial charge in [0.05, 0.1) is 34.1 Å². The third-order valence-electron chi connectivity index (χ3n) is 22.3. The van der Waals surface area contributed by atoms with Gasteiger partial charge in [-0.25, -0.2) is 0 Å². The van der Waals surface area contributed by atoms with Crippen LogP contribution in [0.5, 0.6) is 0 Å². The molecule has 18 rings (SSSR count). The summed E-state index contributed by atoms with van der Waals surface area (Å²) in [5, 5.41) is 4.44. The second kappa shape index (κ2) is 22.8. The summed E-state index contributed by atoms with van der Waals surface area (Å²) in [5.41, 5.74) is 35.0. The summed E-state index contributed by atoms with van der Waals surface area (Å²) in [5.74, 6) is -0.290. The Balaban J connectivity index is 0.983. The highest BCUT2D eigenvalue weighted by atomic mass is 16.3. The zero-order chi connectivity index (χ0) is 69.2. The van der Waals surface area contributed by atoms with Crippen LogP contribution in [0.4, 0.5) is 34.1 Å². The van der Waals surface area contributed by atoms with Gasteiger partial charge in [-0.3, -0.25) is 0 Å². The number of benzene rings is 13. The zero-order valence-electron chi connectivity index (χ0n) is 60.0. The van der Waals surface area contributed by atoms with E-state index in [9.17, 15) is 0 Å². The van der Waals surface area contributed by atoms with Gasteiger partial charge < -0.3 is 18.6 Å². The molecule has 4 nitrogen and oxygen atoms in total. The summed E-state index contributed by atoms with van der Waals surface area (Å²) in [6.45, 7) is 27.9. The fourth-order valence-electron chi connectivity index (χ4n) is 16.7. The van der Waals surface area contributed by atoms with E-state index in [4.69, 9.17) is 8.83 Å². The molecule has 15 aromatic rings. The molecular formula is C97H84N2O2. The average Bonchev–Trinajstić information content (AvgIpc) is 0.928. The monoisotopic (exact) mass is 1310 g/mol. The van der Waals surface area contributed by atoms with Crippen LogP contribution in [0.15, 0.2) is 276 Å². The molecule has 4 heteroatoms. The van der Waals surface area contributed by atoms with Crippen molar-refractivity contribution in [2.75, 3.05) is 9.80 Å². The lowest BCUT2D eigenvalue weighted by Crippen LogP contribution is -2.30. The molecule has 1 aliphatic carbocycles. The van der Waals surface area contributed by atoms with Crippen LogP contribution in [0.2, 0.25) is 0 Å². The molecule has 0 N–H and O–H groups in total. The van der Waals surface area contributed by atoms with Crippen molar-refractivity contribution in [3.8, 4) is 44.5 Å². The first kappa shape index (κ1) is 62.3. The van der Waals surface area contributed by atoms with E-state index >= 15 is 0 Å². The van der Waals surface area contributed by atoms with Crippen LogP contribution in [-0.4, -0.2) is 0 Å². The van der Waals surface area contributed by atoms with Crippen molar-refractivity contribution in [1.29, 1.82) is 0 Å². The summed E-state index contributed by atoms with van der Waals surface area (Å²) in [4.78, 5) is 5.39. The molecule has 0 bridgehead atoms. The number of nitrogens with zero attached hydrogens (tertiary/aromatic N) is 2. The lowest BCUT2D eigenvalue weighted by atomic mass is 9.71. The maximum atomic E-state index is 6.51. The van der Waals surface area contributed by atoms with Gasteiger partial charge in [-0.1, -0.05) is 265 Å². The van der Waals surface area contributed by atoms with Gasteiger partial charge in [0.15, 0.2) is 0 Å². The van der Waals surface area contributed by atoms with Crippen LogP contribution in [0, 0.1) is 0 Å². The Hall–Kier alpha value is -10.9. The minimum Gasteiger partial charge on any atom is -0.456 e. The number of hydrogen-bond donors (Lipinski definition) is 0. The molecule has 0 atom stereocenters. The molecule has 2 aliphatic heterocycles. The minimum absolute atomic E-state index is 0.0263. The molecule has 4 heterocycles. The molecule has 0 saturated heterocycles. The topological polar surface area (TPSA) is 32.8 Å². The first-order valence-electron chi connectivity index (χ1n) is 36.1. The van der Waals surface area contributed by atoms with Gasteiger partial charge in [0.1, 0.15) is 22.3 Å². The Labute approximate surface area is 594 Å². The smallest absolute Gasteiger partial charge is 0.135 e. The largest absolute Gasteiger partial charge is 0.456 e. The van der Waals surface area contributed by atoms with Crippen molar-refractivity contribution < 1.29 is 8.83 Å². The van der Waals surface area contributed by atoms with Crippen LogP contribution in [0.1, 0.15) is 162 Å². The van der Waals surface area contributed by atoms with E-state index in [1.165, 1.54) is 100 Å². The van der Waals surface area contributed by atoms with E-state index < -0.39 is 0 Å². The average molecular weight is 1310 g/mol. The van der Waals surface area contributed by atoms with Crippen molar-refractivity contribution in [2.24, 2.45) is 0 Å². The maximum absolute atomic E-state index is 6.51. The molecule has 0 amide bonds. The summed E-state index contributed by atoms with van der Waals surface area (Å²) in [7, 11) is 0. The maximum Gasteiger partial charge on any atom is 0.135 e. The molecule has 0 saturated carbocycles. The van der Waals surface area contributed by atoms with Crippen LogP contribution >= 0.6 is 0 Å². The van der Waals surface area contributed by atoms with Crippen LogP contribution in [-0.2, 0) is 28.1 Å². The van der Waals surface area contributed by atoms with Crippen molar-refractivity contribution in [2.45, 2.75) is 123 Å². The van der Waals surface area contributed by atoms with E-state index in [2.05, 4.69) is 360 Å². The van der Waals surface area contributed by atoms with E-state index in [0.29, 0.717) is 0 Å². The van der Waals surface area contributed by atoms with E-state index in [1.54, 1.807) is 0 Å². The zero-order valence-corrected chi connectivity index (χ0v) is 60.0. The molecule has 2 aromatic heterocycles. The fourth-order valence-corrected chi connectivity index (χ4v) is 16.7. The molecule has 13 aromatic carbocycles. The Bertz CT molecular complexity index is 5510. The standard InChI is InChI=1S/C97H84N2O2/c1-94(2,3)67-37-29-58(30-38-67)77-56-69(96(7,8)9)41-45-81(77)98-83-52-62(60-35-47-89-79(50-60)73-25-17-19-27-87(73)100-89)33-43-75(83)92-76-44-34-63(61-36-48-90-80(51-61)74-26-18-20-28-88(74)101-90)53-84(76)99(82-46-42-70(97(10,11)12)57-78(82)59-31-39-68(40-32-59)95(4,5)6)86-55-66(54-85(98)93(86)92)91-71-23-15-13-21-64(71)49-65-22-14-16-24-72(65)91/h13-48,50-57,91-92H,49H2,1-12H3. The van der Waals surface area contributed by atoms with E-state index in [1.807, 2.05) is 0 Å². The van der Waals surface area contributed by atoms with E-state index in [-0.39, 0.29) is 33.5 Å². The first-order valence-corrected chi connectivity index (χ1v) is 36.1. The minimum atomic E-state index is -0.201. The first-order chi connectivity index (χ1) is 48.6. The summed E-state index contributed by atoms with van der Waals surface area (Å²) in [6, 6.07) is 102. The summed E-state index contributed by atoms with van der Waals surface area (Å²) in [6.07, 6.45) is 0.878. The molecular weight excluding hydrogens is 1230 g/mol. The summed E-state index contributed by atoms with van der Waals surface area (Å²) < 4.78 is 13.0. The van der Waals surface area contributed by atoms with Crippen LogP contribution in [0.25, 0.3) is 88.4 Å². The van der Waals surface area contributed by atoms with Crippen molar-refractivity contribution in [3.05, 3.63) is 334 Å². The van der Waals surface area contributed by atoms with Crippen molar-refractivity contribution >= 4 is 78.0 Å². The molecule has 0 spiro atoms. The third kappa shape index (κ3) is 10.4. The highest BCUT2D eigenvalue weighted by Crippen LogP contribution is 2.64. The number of fused-ring (bicyclic) bond motifs is 12. The quantitative estimate of drug-likeness (QED) is 0.159. The molecule has 0 fully saturated rings. The van der Waals surface area contributed by atoms with Crippen molar-refractivity contribution in [3.63, 3.8) is 0 Å². The molecule has 101 heavy (non-hydrogen) atoms. The van der Waals surface area contributed by atoms with Crippen LogP contribution < -0.4 is 9.80 Å². The second-order valence-corrected chi connectivity index (χ2v) is 32.9. The Kier molecular flexibility index (Phi) is 14.1. The lowest BCUT2D eigenvalue weighted by Gasteiger charge is -2.47. The Morgan fingerprint density at radius 2 is 0.624 bits per heavy atom. The lowest BCUT2D eigenvalue weighted by molar-refractivity contribution is 0.589. The van der Waals surface area contributed by atoms with Crippen molar-refractivity contribution in [1.82, 2.24) is 0 Å². The second-order valence-electron chi connectivity index (χ2n) is 32.9. The Morgan fingerprint density at radius 3 is 1.05 bits per heavy atom. The van der Waals surface area contributed by atoms with Gasteiger partial charge in [-0.05, 0) is 208 Å². The fraction of sp³-hybridized carbons (Fsp3) is 0.196. The normalized spacial score (nSPS) is 14.0. The predicted molar refractivity (Wildman–Crippen MR) is 424 cm³/mol. The van der Waals surface area contributed by atoms with Gasteiger partial charge in [0, 0.05) is 50.1 Å². The van der Waals surface area contributed by atoms with E-state index in [0.717, 1.165) is 95.3 Å². The van der Waals surface area contributed by atoms with Crippen LogP contribution in [0.3, 0.4) is 0 Å². The number of rotatable bonds is 7. The number of furan rings is 2. The summed E-state index contributed by atoms with van der Waals surface area (Å²) >= 11 is 0. The SMILES string of the molecule is CC(C)(C)c1ccc(-c2cc(C(C)(C)C)ccc2N2c3cc(-c4ccc5oc6ccccc6c5c4)ccc3C3c4ccc(-c5ccc6oc7ccccc7c6c5)cc4N(c4ccc(C(C)(C)C)cc4-c4ccc(C(C)(C)C)cc4)c4cc(C5c6ccccc6Cc6ccccc65)cc2c43)cc1. The van der Waals surface area contributed by atoms with Gasteiger partial charge in [-0.15, -0.1) is 0 Å². The van der Waals surface area contributed by atoms with Gasteiger partial charge in [0.25, 0.3) is 0 Å².